The molecule has 0 fully saturated rings. The summed E-state index contributed by atoms with van der Waals surface area (Å²) in [5, 5.41) is 22.8. The summed E-state index contributed by atoms with van der Waals surface area (Å²) in [7, 11) is 0. The van der Waals surface area contributed by atoms with Crippen LogP contribution in [0.5, 0.6) is 11.5 Å². The number of nitrogens with zero attached hydrogens (tertiary/aromatic N) is 1. The number of benzene rings is 3. The summed E-state index contributed by atoms with van der Waals surface area (Å²) >= 11 is 0. The minimum atomic E-state index is -0.357. The van der Waals surface area contributed by atoms with Crippen LogP contribution in [0.15, 0.2) is 54.6 Å². The predicted octanol–water partition coefficient (Wildman–Crippen LogP) is 9.27. The van der Waals surface area contributed by atoms with Crippen LogP contribution >= 0.6 is 0 Å². The van der Waals surface area contributed by atoms with Gasteiger partial charge in [0.15, 0.2) is 0 Å². The van der Waals surface area contributed by atoms with Gasteiger partial charge in [0.2, 0.25) is 0 Å². The summed E-state index contributed by atoms with van der Waals surface area (Å²) in [6, 6.07) is 17.0. The highest BCUT2D eigenvalue weighted by atomic mass is 16.3. The van der Waals surface area contributed by atoms with Gasteiger partial charge in [0.25, 0.3) is 5.91 Å². The van der Waals surface area contributed by atoms with Crippen molar-refractivity contribution in [2.24, 2.45) is 0 Å². The molecule has 0 aliphatic rings. The average molecular weight is 530 g/mol. The molecule has 4 heteroatoms. The van der Waals surface area contributed by atoms with Crippen molar-refractivity contribution in [1.29, 1.82) is 0 Å². The van der Waals surface area contributed by atoms with E-state index < -0.39 is 0 Å². The summed E-state index contributed by atoms with van der Waals surface area (Å²) < 4.78 is 0. The molecule has 0 saturated carbocycles. The van der Waals surface area contributed by atoms with Crippen LogP contribution in [0.2, 0.25) is 0 Å². The van der Waals surface area contributed by atoms with E-state index >= 15 is 0 Å². The van der Waals surface area contributed by atoms with Gasteiger partial charge in [-0.3, -0.25) is 9.69 Å². The van der Waals surface area contributed by atoms with Crippen LogP contribution < -0.4 is 4.90 Å². The Labute approximate surface area is 235 Å². The third-order valence-corrected chi connectivity index (χ3v) is 7.16. The summed E-state index contributed by atoms with van der Waals surface area (Å²) in [6.45, 7) is 24.8. The van der Waals surface area contributed by atoms with Crippen molar-refractivity contribution in [1.82, 2.24) is 0 Å². The molecule has 39 heavy (non-hydrogen) atoms. The average Bonchev–Trinajstić information content (AvgIpc) is 2.78. The maximum absolute atomic E-state index is 14.4. The zero-order valence-corrected chi connectivity index (χ0v) is 25.9. The zero-order valence-electron chi connectivity index (χ0n) is 25.9. The Morgan fingerprint density at radius 1 is 0.538 bits per heavy atom. The number of anilines is 2. The highest BCUT2D eigenvalue weighted by Gasteiger charge is 2.33. The van der Waals surface area contributed by atoms with E-state index in [1.54, 1.807) is 4.90 Å². The fraction of sp³-hybridized carbons (Fsp3) is 0.457. The SMILES string of the molecule is CC(C)(C)c1cc(N(C(=O)c2ccccc2)c2cc(C(C)(C)C)c(O)c(C(C)(C)C)c2)cc(C(C)(C)C)c1O. The second-order valence-corrected chi connectivity index (χ2v) is 14.8. The molecule has 3 rings (SSSR count). The quantitative estimate of drug-likeness (QED) is 0.355. The molecule has 0 spiro atoms. The molecule has 0 atom stereocenters. The normalized spacial score (nSPS) is 12.9. The van der Waals surface area contributed by atoms with Crippen LogP contribution in [0.3, 0.4) is 0 Å². The fourth-order valence-corrected chi connectivity index (χ4v) is 4.88. The third-order valence-electron chi connectivity index (χ3n) is 7.16. The minimum absolute atomic E-state index is 0.175. The Hall–Kier alpha value is -3.27. The first-order valence-corrected chi connectivity index (χ1v) is 13.8. The van der Waals surface area contributed by atoms with Crippen LogP contribution in [0.25, 0.3) is 0 Å². The van der Waals surface area contributed by atoms with Crippen LogP contribution in [0, 0.1) is 0 Å². The summed E-state index contributed by atoms with van der Waals surface area (Å²) in [6.07, 6.45) is 0. The van der Waals surface area contributed by atoms with Crippen molar-refractivity contribution < 1.29 is 15.0 Å². The third kappa shape index (κ3) is 6.32. The predicted molar refractivity (Wildman–Crippen MR) is 164 cm³/mol. The number of aromatic hydroxyl groups is 2. The molecule has 0 heterocycles. The molecule has 0 unspecified atom stereocenters. The van der Waals surface area contributed by atoms with E-state index in [0.717, 1.165) is 22.3 Å². The highest BCUT2D eigenvalue weighted by molar-refractivity contribution is 6.11. The maximum atomic E-state index is 14.4. The summed E-state index contributed by atoms with van der Waals surface area (Å²) in [5.74, 6) is 0.357. The molecular weight excluding hydrogens is 482 g/mol. The minimum Gasteiger partial charge on any atom is -0.507 e. The molecular formula is C35H47NO3. The number of hydrogen-bond donors (Lipinski definition) is 2. The van der Waals surface area contributed by atoms with Gasteiger partial charge in [-0.15, -0.1) is 0 Å². The molecule has 0 bridgehead atoms. The van der Waals surface area contributed by atoms with Crippen LogP contribution in [-0.4, -0.2) is 16.1 Å². The van der Waals surface area contributed by atoms with Crippen molar-refractivity contribution in [3.05, 3.63) is 82.4 Å². The largest absolute Gasteiger partial charge is 0.507 e. The van der Waals surface area contributed by atoms with E-state index in [1.165, 1.54) is 0 Å². The monoisotopic (exact) mass is 529 g/mol. The lowest BCUT2D eigenvalue weighted by Crippen LogP contribution is -2.29. The lowest BCUT2D eigenvalue weighted by molar-refractivity contribution is 0.0999. The molecule has 0 radical (unpaired) electrons. The first-order valence-electron chi connectivity index (χ1n) is 13.8. The van der Waals surface area contributed by atoms with Gasteiger partial charge in [0, 0.05) is 27.8 Å². The Balaban J connectivity index is 2.50. The Bertz CT molecular complexity index is 1210. The van der Waals surface area contributed by atoms with Gasteiger partial charge in [0.05, 0.1) is 11.4 Å². The summed E-state index contributed by atoms with van der Waals surface area (Å²) in [5.41, 5.74) is 3.61. The van der Waals surface area contributed by atoms with Crippen LogP contribution in [0.1, 0.15) is 116 Å². The van der Waals surface area contributed by atoms with Crippen molar-refractivity contribution in [2.75, 3.05) is 4.90 Å². The molecule has 3 aromatic rings. The summed E-state index contributed by atoms with van der Waals surface area (Å²) in [4.78, 5) is 16.1. The molecule has 0 aromatic heterocycles. The van der Waals surface area contributed by atoms with Gasteiger partial charge >= 0.3 is 0 Å². The number of amides is 1. The molecule has 3 aromatic carbocycles. The zero-order chi connectivity index (χ0) is 29.7. The second-order valence-electron chi connectivity index (χ2n) is 14.8. The van der Waals surface area contributed by atoms with Gasteiger partial charge in [-0.25, -0.2) is 0 Å². The van der Waals surface area contributed by atoms with E-state index in [0.29, 0.717) is 16.9 Å². The van der Waals surface area contributed by atoms with E-state index in [9.17, 15) is 15.0 Å². The topological polar surface area (TPSA) is 60.8 Å². The van der Waals surface area contributed by atoms with Crippen molar-refractivity contribution >= 4 is 17.3 Å². The van der Waals surface area contributed by atoms with Crippen molar-refractivity contribution in [2.45, 2.75) is 105 Å². The standard InChI is InChI=1S/C35H47NO3/c1-32(2,3)25-18-23(19-26(29(25)37)33(4,5)6)36(31(39)22-16-14-13-15-17-22)24-20-27(34(7,8)9)30(38)28(21-24)35(10,11)12/h13-21,37-38H,1-12H3. The van der Waals surface area contributed by atoms with Crippen molar-refractivity contribution in [3.63, 3.8) is 0 Å². The lowest BCUT2D eigenvalue weighted by Gasteiger charge is -2.33. The number of phenols is 2. The lowest BCUT2D eigenvalue weighted by atomic mass is 9.78. The number of phenolic OH excluding ortho intramolecular Hbond substituents is 2. The molecule has 0 aliphatic carbocycles. The number of carbonyl (C=O) groups is 1. The molecule has 4 nitrogen and oxygen atoms in total. The number of rotatable bonds is 3. The number of carbonyl (C=O) groups excluding carboxylic acids is 1. The first-order chi connectivity index (χ1) is 17.6. The highest BCUT2D eigenvalue weighted by Crippen LogP contribution is 2.46. The first kappa shape index (κ1) is 30.3. The van der Waals surface area contributed by atoms with Gasteiger partial charge in [-0.2, -0.15) is 0 Å². The number of hydrogen-bond acceptors (Lipinski definition) is 3. The Morgan fingerprint density at radius 2 is 0.821 bits per heavy atom. The van der Waals surface area contributed by atoms with Gasteiger partial charge in [-0.05, 0) is 58.1 Å². The maximum Gasteiger partial charge on any atom is 0.262 e. The van der Waals surface area contributed by atoms with E-state index in [2.05, 4.69) is 83.1 Å². The van der Waals surface area contributed by atoms with Crippen LogP contribution in [0.4, 0.5) is 11.4 Å². The Kier molecular flexibility index (Phi) is 7.79. The Morgan fingerprint density at radius 3 is 1.08 bits per heavy atom. The molecule has 0 saturated heterocycles. The van der Waals surface area contributed by atoms with E-state index in [1.807, 2.05) is 54.6 Å². The molecule has 0 aliphatic heterocycles. The van der Waals surface area contributed by atoms with Gasteiger partial charge in [-0.1, -0.05) is 101 Å². The molecule has 1 amide bonds. The van der Waals surface area contributed by atoms with E-state index in [-0.39, 0.29) is 39.1 Å². The van der Waals surface area contributed by atoms with Crippen LogP contribution in [-0.2, 0) is 21.7 Å². The van der Waals surface area contributed by atoms with Crippen molar-refractivity contribution in [3.8, 4) is 11.5 Å². The smallest absolute Gasteiger partial charge is 0.262 e. The molecule has 2 N–H and O–H groups in total. The fourth-order valence-electron chi connectivity index (χ4n) is 4.88. The van der Waals surface area contributed by atoms with E-state index in [4.69, 9.17) is 0 Å². The second kappa shape index (κ2) is 10.0. The van der Waals surface area contributed by atoms with Gasteiger partial charge in [0.1, 0.15) is 11.5 Å². The molecule has 210 valence electrons. The van der Waals surface area contributed by atoms with Gasteiger partial charge < -0.3 is 10.2 Å².